The predicted octanol–water partition coefficient (Wildman–Crippen LogP) is 5.28. The number of rotatable bonds is 11. The van der Waals surface area contributed by atoms with Gasteiger partial charge in [-0.2, -0.15) is 0 Å². The van der Waals surface area contributed by atoms with Crippen LogP contribution in [0.4, 0.5) is 5.82 Å². The van der Waals surface area contributed by atoms with Gasteiger partial charge in [0.05, 0.1) is 23.7 Å². The van der Waals surface area contributed by atoms with E-state index in [2.05, 4.69) is 51.5 Å². The minimum atomic E-state index is -0.291. The third kappa shape index (κ3) is 6.13. The zero-order valence-corrected chi connectivity index (χ0v) is 24.1. The number of ether oxygens (including phenoxy) is 1. The first-order chi connectivity index (χ1) is 19.5. The average Bonchev–Trinajstić information content (AvgIpc) is 3.35. The molecule has 2 aromatic carbocycles. The van der Waals surface area contributed by atoms with Crippen LogP contribution in [0.2, 0.25) is 0 Å². The number of benzene rings is 2. The van der Waals surface area contributed by atoms with Crippen LogP contribution >= 0.6 is 0 Å². The van der Waals surface area contributed by atoms with Crippen LogP contribution in [0.15, 0.2) is 48.5 Å². The molecule has 0 amide bonds. The lowest BCUT2D eigenvalue weighted by molar-refractivity contribution is 0.0600. The number of unbranched alkanes of at least 4 members (excludes halogenated alkanes) is 1. The molecule has 0 bridgehead atoms. The number of nitrogens with two attached hydrogens (primary N) is 1. The number of fused-ring (bicyclic) bond motifs is 3. The summed E-state index contributed by atoms with van der Waals surface area (Å²) < 4.78 is 7.36. The van der Waals surface area contributed by atoms with Gasteiger partial charge in [0.25, 0.3) is 0 Å². The molecule has 1 fully saturated rings. The number of imidazole rings is 1. The zero-order chi connectivity index (χ0) is 28.1. The Kier molecular flexibility index (Phi) is 8.97. The fraction of sp³-hybridized carbons (Fsp3) is 0.469. The molecule has 4 aromatic rings. The second-order valence-corrected chi connectivity index (χ2v) is 11.0. The molecule has 1 aliphatic rings. The maximum atomic E-state index is 12.2. The Hall–Kier alpha value is -3.49. The fourth-order valence-corrected chi connectivity index (χ4v) is 6.00. The van der Waals surface area contributed by atoms with E-state index < -0.39 is 0 Å². The number of esters is 1. The fourth-order valence-electron chi connectivity index (χ4n) is 6.00. The monoisotopic (exact) mass is 542 g/mol. The molecule has 212 valence electrons. The molecule has 40 heavy (non-hydrogen) atoms. The number of hydrogen-bond donors (Lipinski definition) is 1. The number of hydrogen-bond acceptors (Lipinski definition) is 7. The van der Waals surface area contributed by atoms with E-state index >= 15 is 0 Å². The van der Waals surface area contributed by atoms with Crippen molar-refractivity contribution in [2.75, 3.05) is 39.5 Å². The van der Waals surface area contributed by atoms with Crippen LogP contribution in [-0.4, -0.2) is 70.1 Å². The van der Waals surface area contributed by atoms with E-state index in [-0.39, 0.29) is 5.97 Å². The standard InChI is InChI=1S/C32H42N6O2/c1-4-5-14-28-35-29-30(26-12-6-7-13-27(26)34-31(29)33)38(28)18-9-17-37(25-15-19-36(2)20-16-25)22-23-10-8-11-24(21-23)32(39)40-3/h6-8,10-13,21,25H,4-5,9,14-20,22H2,1-3H3,(H2,33,34). The minimum absolute atomic E-state index is 0.291. The molecule has 1 saturated heterocycles. The Balaban J connectivity index is 1.41. The Morgan fingerprint density at radius 1 is 1.10 bits per heavy atom. The first-order valence-corrected chi connectivity index (χ1v) is 14.6. The van der Waals surface area contributed by atoms with E-state index in [0.29, 0.717) is 17.4 Å². The van der Waals surface area contributed by atoms with E-state index in [9.17, 15) is 4.79 Å². The summed E-state index contributed by atoms with van der Waals surface area (Å²) >= 11 is 0. The second-order valence-electron chi connectivity index (χ2n) is 11.0. The molecule has 8 nitrogen and oxygen atoms in total. The van der Waals surface area contributed by atoms with E-state index in [4.69, 9.17) is 15.5 Å². The molecular formula is C32H42N6O2. The van der Waals surface area contributed by atoms with Crippen molar-refractivity contribution in [2.45, 2.75) is 64.6 Å². The summed E-state index contributed by atoms with van der Waals surface area (Å²) in [7, 11) is 3.63. The summed E-state index contributed by atoms with van der Waals surface area (Å²) in [5.41, 5.74) is 11.0. The highest BCUT2D eigenvalue weighted by atomic mass is 16.5. The molecule has 0 saturated carbocycles. The Morgan fingerprint density at radius 3 is 2.67 bits per heavy atom. The van der Waals surface area contributed by atoms with Crippen LogP contribution < -0.4 is 5.73 Å². The highest BCUT2D eigenvalue weighted by molar-refractivity contribution is 6.06. The summed E-state index contributed by atoms with van der Waals surface area (Å²) in [4.78, 5) is 26.8. The summed E-state index contributed by atoms with van der Waals surface area (Å²) in [5.74, 6) is 1.31. The number of anilines is 1. The van der Waals surface area contributed by atoms with Crippen molar-refractivity contribution >= 4 is 33.7 Å². The molecule has 2 aromatic heterocycles. The summed E-state index contributed by atoms with van der Waals surface area (Å²) in [6, 6.07) is 16.6. The lowest BCUT2D eigenvalue weighted by Gasteiger charge is -2.37. The number of methoxy groups -OCH3 is 1. The van der Waals surface area contributed by atoms with Crippen LogP contribution in [0.25, 0.3) is 21.9 Å². The van der Waals surface area contributed by atoms with Gasteiger partial charge in [-0.15, -0.1) is 0 Å². The van der Waals surface area contributed by atoms with Gasteiger partial charge in [-0.1, -0.05) is 43.7 Å². The van der Waals surface area contributed by atoms with Crippen molar-refractivity contribution in [1.82, 2.24) is 24.3 Å². The van der Waals surface area contributed by atoms with E-state index in [1.807, 2.05) is 30.3 Å². The molecule has 0 spiro atoms. The highest BCUT2D eigenvalue weighted by Gasteiger charge is 2.24. The third-order valence-electron chi connectivity index (χ3n) is 8.21. The van der Waals surface area contributed by atoms with Crippen molar-refractivity contribution in [3.05, 3.63) is 65.5 Å². The predicted molar refractivity (Wildman–Crippen MR) is 161 cm³/mol. The SMILES string of the molecule is CCCCc1nc2c(N)nc3ccccc3c2n1CCCN(Cc1cccc(C(=O)OC)c1)C1CCN(C)CC1. The van der Waals surface area contributed by atoms with E-state index in [0.717, 1.165) is 105 Å². The molecule has 5 rings (SSSR count). The van der Waals surface area contributed by atoms with Gasteiger partial charge < -0.3 is 19.9 Å². The van der Waals surface area contributed by atoms with Gasteiger partial charge in [0.2, 0.25) is 0 Å². The van der Waals surface area contributed by atoms with Crippen LogP contribution in [0.3, 0.4) is 0 Å². The number of carbonyl (C=O) groups is 1. The van der Waals surface area contributed by atoms with Crippen LogP contribution in [-0.2, 0) is 24.2 Å². The Labute approximate surface area is 237 Å². The average molecular weight is 543 g/mol. The lowest BCUT2D eigenvalue weighted by Crippen LogP contribution is -2.44. The minimum Gasteiger partial charge on any atom is -0.465 e. The highest BCUT2D eigenvalue weighted by Crippen LogP contribution is 2.30. The number of likely N-dealkylation sites (tertiary alicyclic amines) is 1. The van der Waals surface area contributed by atoms with E-state index in [1.165, 1.54) is 7.11 Å². The Morgan fingerprint density at radius 2 is 1.90 bits per heavy atom. The Bertz CT molecular complexity index is 1460. The van der Waals surface area contributed by atoms with Crippen molar-refractivity contribution in [3.8, 4) is 0 Å². The number of carbonyl (C=O) groups excluding carboxylic acids is 1. The largest absolute Gasteiger partial charge is 0.465 e. The number of piperidine rings is 1. The van der Waals surface area contributed by atoms with Crippen LogP contribution in [0.1, 0.15) is 60.8 Å². The molecule has 2 N–H and O–H groups in total. The maximum absolute atomic E-state index is 12.2. The number of aromatic nitrogens is 3. The molecular weight excluding hydrogens is 500 g/mol. The molecule has 1 aliphatic heterocycles. The van der Waals surface area contributed by atoms with E-state index in [1.54, 1.807) is 0 Å². The zero-order valence-electron chi connectivity index (χ0n) is 24.1. The normalized spacial score (nSPS) is 14.9. The first kappa shape index (κ1) is 28.1. The number of nitrogen functional groups attached to an aromatic ring is 1. The van der Waals surface area contributed by atoms with Crippen molar-refractivity contribution in [2.24, 2.45) is 0 Å². The van der Waals surface area contributed by atoms with Crippen molar-refractivity contribution in [3.63, 3.8) is 0 Å². The first-order valence-electron chi connectivity index (χ1n) is 14.6. The summed E-state index contributed by atoms with van der Waals surface area (Å²) in [6.07, 6.45) is 6.42. The van der Waals surface area contributed by atoms with Gasteiger partial charge in [-0.25, -0.2) is 14.8 Å². The second kappa shape index (κ2) is 12.8. The molecule has 0 atom stereocenters. The molecule has 0 unspecified atom stereocenters. The number of nitrogens with zero attached hydrogens (tertiary/aromatic N) is 5. The maximum Gasteiger partial charge on any atom is 0.337 e. The number of para-hydroxylation sites is 1. The molecule has 3 heterocycles. The molecule has 8 heteroatoms. The molecule has 0 radical (unpaired) electrons. The quantitative estimate of drug-likeness (QED) is 0.258. The van der Waals surface area contributed by atoms with Gasteiger partial charge in [0.1, 0.15) is 11.3 Å². The lowest BCUT2D eigenvalue weighted by atomic mass is 10.0. The molecule has 0 aliphatic carbocycles. The third-order valence-corrected chi connectivity index (χ3v) is 8.21. The number of aryl methyl sites for hydroxylation is 2. The van der Waals surface area contributed by atoms with Gasteiger partial charge >= 0.3 is 5.97 Å². The summed E-state index contributed by atoms with van der Waals surface area (Å²) in [6.45, 7) is 7.07. The number of pyridine rings is 1. The summed E-state index contributed by atoms with van der Waals surface area (Å²) in [5, 5.41) is 1.11. The van der Waals surface area contributed by atoms with Crippen LogP contribution in [0.5, 0.6) is 0 Å². The van der Waals surface area contributed by atoms with Gasteiger partial charge in [0, 0.05) is 37.5 Å². The van der Waals surface area contributed by atoms with Gasteiger partial charge in [0.15, 0.2) is 5.82 Å². The van der Waals surface area contributed by atoms with Crippen molar-refractivity contribution < 1.29 is 9.53 Å². The smallest absolute Gasteiger partial charge is 0.337 e. The van der Waals surface area contributed by atoms with Gasteiger partial charge in [-0.05, 0) is 69.6 Å². The van der Waals surface area contributed by atoms with Gasteiger partial charge in [-0.3, -0.25) is 4.90 Å². The van der Waals surface area contributed by atoms with Crippen LogP contribution in [0, 0.1) is 0 Å². The van der Waals surface area contributed by atoms with Crippen molar-refractivity contribution in [1.29, 1.82) is 0 Å². The topological polar surface area (TPSA) is 89.5 Å².